The van der Waals surface area contributed by atoms with Crippen molar-refractivity contribution < 1.29 is 5.11 Å². The zero-order chi connectivity index (χ0) is 18.0. The Morgan fingerprint density at radius 2 is 1.25 bits per heavy atom. The summed E-state index contributed by atoms with van der Waals surface area (Å²) in [6.07, 6.45) is 12.0. The summed E-state index contributed by atoms with van der Waals surface area (Å²) in [6, 6.07) is 4.46. The Hall–Kier alpha value is -0.630. The number of rotatable bonds is 11. The van der Waals surface area contributed by atoms with Crippen molar-refractivity contribution in [2.45, 2.75) is 108 Å². The van der Waals surface area contributed by atoms with Crippen LogP contribution in [0.4, 0.5) is 0 Å². The summed E-state index contributed by atoms with van der Waals surface area (Å²) in [5.74, 6) is 0.571. The van der Waals surface area contributed by atoms with Crippen LogP contribution >= 0.6 is 11.8 Å². The van der Waals surface area contributed by atoms with Crippen molar-refractivity contribution in [3.05, 3.63) is 23.3 Å². The van der Waals surface area contributed by atoms with Crippen LogP contribution in [-0.4, -0.2) is 9.85 Å². The minimum atomic E-state index is 0.204. The van der Waals surface area contributed by atoms with Gasteiger partial charge in [0.1, 0.15) is 5.75 Å². The van der Waals surface area contributed by atoms with Gasteiger partial charge in [-0.25, -0.2) is 0 Å². The molecule has 138 valence electrons. The Morgan fingerprint density at radius 1 is 0.792 bits per heavy atom. The first-order valence-corrected chi connectivity index (χ1v) is 10.7. The predicted molar refractivity (Wildman–Crippen MR) is 109 cm³/mol. The maximum absolute atomic E-state index is 10.7. The quantitative estimate of drug-likeness (QED) is 0.329. The highest BCUT2D eigenvalue weighted by molar-refractivity contribution is 8.00. The minimum Gasteiger partial charge on any atom is -0.507 e. The standard InChI is InChI=1S/C22H38OS/c1-6-8-10-12-14-18-16-20(24-22(3,4)5)17-19(21(18)23)15-13-11-9-7-2/h16-17,23H,6-15H2,1-5H3. The third-order valence-corrected chi connectivity index (χ3v) is 5.35. The second-order valence-electron chi connectivity index (χ2n) is 7.93. The lowest BCUT2D eigenvalue weighted by molar-refractivity contribution is 0.456. The minimum absolute atomic E-state index is 0.204. The number of aryl methyl sites for hydroxylation is 2. The molecule has 0 bridgehead atoms. The first-order valence-electron chi connectivity index (χ1n) is 9.91. The van der Waals surface area contributed by atoms with E-state index in [1.54, 1.807) is 0 Å². The van der Waals surface area contributed by atoms with Gasteiger partial charge in [-0.15, -0.1) is 11.8 Å². The lowest BCUT2D eigenvalue weighted by atomic mass is 9.99. The molecule has 1 N–H and O–H groups in total. The van der Waals surface area contributed by atoms with Gasteiger partial charge < -0.3 is 5.11 Å². The molecule has 0 fully saturated rings. The predicted octanol–water partition coefficient (Wildman–Crippen LogP) is 7.53. The summed E-state index contributed by atoms with van der Waals surface area (Å²) in [5.41, 5.74) is 2.32. The number of aromatic hydroxyl groups is 1. The van der Waals surface area contributed by atoms with Crippen LogP contribution in [0.2, 0.25) is 0 Å². The smallest absolute Gasteiger partial charge is 0.122 e. The number of phenolic OH excluding ortho intramolecular Hbond substituents is 1. The van der Waals surface area contributed by atoms with Gasteiger partial charge >= 0.3 is 0 Å². The molecule has 1 rings (SSSR count). The van der Waals surface area contributed by atoms with Gasteiger partial charge in [0, 0.05) is 9.64 Å². The maximum atomic E-state index is 10.7. The van der Waals surface area contributed by atoms with Crippen LogP contribution in [0.15, 0.2) is 17.0 Å². The normalized spacial score (nSPS) is 11.9. The first-order chi connectivity index (χ1) is 11.4. The molecule has 0 spiro atoms. The molecular formula is C22H38OS. The number of phenols is 1. The molecule has 0 heterocycles. The average molecular weight is 351 g/mol. The van der Waals surface area contributed by atoms with E-state index < -0.39 is 0 Å². The third kappa shape index (κ3) is 8.46. The highest BCUT2D eigenvalue weighted by Gasteiger charge is 2.16. The van der Waals surface area contributed by atoms with Crippen molar-refractivity contribution in [2.24, 2.45) is 0 Å². The second kappa shape index (κ2) is 11.1. The summed E-state index contributed by atoms with van der Waals surface area (Å²) < 4.78 is 0.204. The summed E-state index contributed by atoms with van der Waals surface area (Å²) in [5, 5.41) is 10.7. The third-order valence-electron chi connectivity index (χ3n) is 4.26. The Labute approximate surface area is 154 Å². The zero-order valence-corrected chi connectivity index (χ0v) is 17.4. The molecule has 1 aromatic carbocycles. The van der Waals surface area contributed by atoms with Crippen LogP contribution in [0.5, 0.6) is 5.75 Å². The van der Waals surface area contributed by atoms with Crippen molar-refractivity contribution in [3.63, 3.8) is 0 Å². The van der Waals surface area contributed by atoms with E-state index in [1.165, 1.54) is 56.3 Å². The fourth-order valence-corrected chi connectivity index (χ4v) is 4.12. The molecule has 0 aliphatic rings. The van der Waals surface area contributed by atoms with Gasteiger partial charge in [-0.05, 0) is 48.9 Å². The Bertz CT molecular complexity index is 440. The lowest BCUT2D eigenvalue weighted by Crippen LogP contribution is -2.07. The van der Waals surface area contributed by atoms with Crippen molar-refractivity contribution >= 4 is 11.8 Å². The van der Waals surface area contributed by atoms with Crippen molar-refractivity contribution in [2.75, 3.05) is 0 Å². The largest absolute Gasteiger partial charge is 0.507 e. The van der Waals surface area contributed by atoms with Gasteiger partial charge in [-0.3, -0.25) is 0 Å². The molecule has 0 aliphatic heterocycles. The molecule has 0 radical (unpaired) electrons. The average Bonchev–Trinajstić information content (AvgIpc) is 2.50. The van der Waals surface area contributed by atoms with Crippen LogP contribution in [0.1, 0.15) is 97.1 Å². The van der Waals surface area contributed by atoms with E-state index in [9.17, 15) is 5.11 Å². The first kappa shape index (κ1) is 21.4. The van der Waals surface area contributed by atoms with Crippen LogP contribution < -0.4 is 0 Å². The van der Waals surface area contributed by atoms with E-state index in [-0.39, 0.29) is 4.75 Å². The Balaban J connectivity index is 2.87. The second-order valence-corrected chi connectivity index (χ2v) is 9.83. The SMILES string of the molecule is CCCCCCc1cc(SC(C)(C)C)cc(CCCCCC)c1O. The Morgan fingerprint density at radius 3 is 1.62 bits per heavy atom. The van der Waals surface area contributed by atoms with Crippen LogP contribution in [0.3, 0.4) is 0 Å². The molecule has 0 unspecified atom stereocenters. The van der Waals surface area contributed by atoms with Gasteiger partial charge in [0.15, 0.2) is 0 Å². The van der Waals surface area contributed by atoms with E-state index in [0.29, 0.717) is 5.75 Å². The fourth-order valence-electron chi connectivity index (χ4n) is 3.01. The number of benzene rings is 1. The van der Waals surface area contributed by atoms with Crippen molar-refractivity contribution in [3.8, 4) is 5.75 Å². The molecule has 1 nitrogen and oxygen atoms in total. The monoisotopic (exact) mass is 350 g/mol. The van der Waals surface area contributed by atoms with Gasteiger partial charge in [0.2, 0.25) is 0 Å². The fraction of sp³-hybridized carbons (Fsp3) is 0.727. The molecule has 0 atom stereocenters. The summed E-state index contributed by atoms with van der Waals surface area (Å²) >= 11 is 1.91. The molecule has 24 heavy (non-hydrogen) atoms. The van der Waals surface area contributed by atoms with Gasteiger partial charge in [-0.2, -0.15) is 0 Å². The molecule has 0 amide bonds. The van der Waals surface area contributed by atoms with Gasteiger partial charge in [0.25, 0.3) is 0 Å². The van der Waals surface area contributed by atoms with Gasteiger partial charge in [-0.1, -0.05) is 73.1 Å². The van der Waals surface area contributed by atoms with E-state index in [4.69, 9.17) is 0 Å². The topological polar surface area (TPSA) is 20.2 Å². The molecule has 0 saturated heterocycles. The van der Waals surface area contributed by atoms with Crippen LogP contribution in [-0.2, 0) is 12.8 Å². The lowest BCUT2D eigenvalue weighted by Gasteiger charge is -2.20. The number of hydrogen-bond donors (Lipinski definition) is 1. The Kier molecular flexibility index (Phi) is 9.88. The molecule has 0 saturated carbocycles. The van der Waals surface area contributed by atoms with E-state index in [0.717, 1.165) is 24.0 Å². The van der Waals surface area contributed by atoms with Crippen molar-refractivity contribution in [1.29, 1.82) is 0 Å². The highest BCUT2D eigenvalue weighted by atomic mass is 32.2. The maximum Gasteiger partial charge on any atom is 0.122 e. The number of thioether (sulfide) groups is 1. The van der Waals surface area contributed by atoms with Gasteiger partial charge in [0.05, 0.1) is 0 Å². The number of hydrogen-bond acceptors (Lipinski definition) is 2. The van der Waals surface area contributed by atoms with E-state index >= 15 is 0 Å². The molecule has 0 aromatic heterocycles. The highest BCUT2D eigenvalue weighted by Crippen LogP contribution is 2.37. The van der Waals surface area contributed by atoms with Crippen LogP contribution in [0.25, 0.3) is 0 Å². The zero-order valence-electron chi connectivity index (χ0n) is 16.6. The molecular weight excluding hydrogens is 312 g/mol. The summed E-state index contributed by atoms with van der Waals surface area (Å²) in [4.78, 5) is 1.32. The van der Waals surface area contributed by atoms with E-state index in [2.05, 4.69) is 46.8 Å². The molecule has 2 heteroatoms. The van der Waals surface area contributed by atoms with Crippen LogP contribution in [0, 0.1) is 0 Å². The molecule has 0 aliphatic carbocycles. The number of unbranched alkanes of at least 4 members (excludes halogenated alkanes) is 6. The molecule has 1 aromatic rings. The van der Waals surface area contributed by atoms with Crippen molar-refractivity contribution in [1.82, 2.24) is 0 Å². The van der Waals surface area contributed by atoms with E-state index in [1.807, 2.05) is 11.8 Å². The summed E-state index contributed by atoms with van der Waals surface area (Å²) in [6.45, 7) is 11.3. The summed E-state index contributed by atoms with van der Waals surface area (Å²) in [7, 11) is 0.